The van der Waals surface area contributed by atoms with Crippen molar-refractivity contribution in [2.75, 3.05) is 6.54 Å². The van der Waals surface area contributed by atoms with E-state index < -0.39 is 0 Å². The number of benzene rings is 1. The molecule has 0 saturated carbocycles. The van der Waals surface area contributed by atoms with E-state index in [0.717, 1.165) is 13.0 Å². The first-order chi connectivity index (χ1) is 9.85. The predicted molar refractivity (Wildman–Crippen MR) is 89.5 cm³/mol. The van der Waals surface area contributed by atoms with Crippen LogP contribution in [-0.4, -0.2) is 6.54 Å². The highest BCUT2D eigenvalue weighted by Crippen LogP contribution is 2.26. The Bertz CT molecular complexity index is 473. The molecule has 0 radical (unpaired) electrons. The topological polar surface area (TPSA) is 12.0 Å². The molecule has 0 amide bonds. The number of hydrogen-bond donors (Lipinski definition) is 1. The van der Waals surface area contributed by atoms with E-state index in [-0.39, 0.29) is 0 Å². The van der Waals surface area contributed by atoms with Crippen molar-refractivity contribution in [3.63, 3.8) is 0 Å². The summed E-state index contributed by atoms with van der Waals surface area (Å²) < 4.78 is 0. The maximum Gasteiger partial charge on any atom is 0.0671 e. The van der Waals surface area contributed by atoms with E-state index in [9.17, 15) is 0 Å². The van der Waals surface area contributed by atoms with Crippen LogP contribution in [0.1, 0.15) is 55.2 Å². The average Bonchev–Trinajstić information content (AvgIpc) is 3.01. The van der Waals surface area contributed by atoms with Gasteiger partial charge in [0.05, 0.1) is 6.04 Å². The van der Waals surface area contributed by atoms with Gasteiger partial charge in [-0.15, -0.1) is 11.3 Å². The second kappa shape index (κ2) is 8.23. The first-order valence-corrected chi connectivity index (χ1v) is 8.58. The largest absolute Gasteiger partial charge is 0.306 e. The molecule has 1 aromatic carbocycles. The maximum atomic E-state index is 3.66. The van der Waals surface area contributed by atoms with Crippen molar-refractivity contribution in [1.29, 1.82) is 0 Å². The van der Waals surface area contributed by atoms with Crippen molar-refractivity contribution in [1.82, 2.24) is 5.32 Å². The average molecular weight is 287 g/mol. The Hall–Kier alpha value is -1.12. The van der Waals surface area contributed by atoms with Crippen molar-refractivity contribution >= 4 is 11.3 Å². The minimum atomic E-state index is 0.343. The highest BCUT2D eigenvalue weighted by Gasteiger charge is 2.13. The van der Waals surface area contributed by atoms with Crippen LogP contribution in [0.15, 0.2) is 41.8 Å². The van der Waals surface area contributed by atoms with Gasteiger partial charge in [-0.25, -0.2) is 0 Å². The smallest absolute Gasteiger partial charge is 0.0671 e. The molecular weight excluding hydrogens is 262 g/mol. The molecule has 2 heteroatoms. The van der Waals surface area contributed by atoms with Crippen molar-refractivity contribution in [2.24, 2.45) is 0 Å². The third-order valence-corrected chi connectivity index (χ3v) is 4.50. The van der Waals surface area contributed by atoms with E-state index in [1.54, 1.807) is 0 Å². The third-order valence-electron chi connectivity index (χ3n) is 3.56. The van der Waals surface area contributed by atoms with Gasteiger partial charge in [-0.1, -0.05) is 50.6 Å². The van der Waals surface area contributed by atoms with Gasteiger partial charge >= 0.3 is 0 Å². The summed E-state index contributed by atoms with van der Waals surface area (Å²) in [5.41, 5.74) is 2.83. The zero-order valence-electron chi connectivity index (χ0n) is 12.6. The van der Waals surface area contributed by atoms with E-state index in [0.29, 0.717) is 6.04 Å². The Morgan fingerprint density at radius 2 is 1.85 bits per heavy atom. The van der Waals surface area contributed by atoms with Gasteiger partial charge in [0.1, 0.15) is 0 Å². The monoisotopic (exact) mass is 287 g/mol. The first-order valence-electron chi connectivity index (χ1n) is 7.70. The van der Waals surface area contributed by atoms with Gasteiger partial charge in [0.2, 0.25) is 0 Å². The minimum Gasteiger partial charge on any atom is -0.306 e. The molecule has 2 aromatic rings. The van der Waals surface area contributed by atoms with Crippen LogP contribution in [-0.2, 0) is 6.42 Å². The molecule has 0 bridgehead atoms. The molecule has 1 heterocycles. The summed E-state index contributed by atoms with van der Waals surface area (Å²) in [5, 5.41) is 5.82. The molecule has 0 aliphatic rings. The van der Waals surface area contributed by atoms with Gasteiger partial charge in [0, 0.05) is 4.88 Å². The van der Waals surface area contributed by atoms with Crippen LogP contribution < -0.4 is 5.32 Å². The molecule has 0 spiro atoms. The molecule has 0 fully saturated rings. The second-order valence-electron chi connectivity index (χ2n) is 5.25. The summed E-state index contributed by atoms with van der Waals surface area (Å²) in [4.78, 5) is 1.40. The lowest BCUT2D eigenvalue weighted by Crippen LogP contribution is -2.22. The quantitative estimate of drug-likeness (QED) is 0.705. The van der Waals surface area contributed by atoms with Crippen molar-refractivity contribution in [3.8, 4) is 0 Å². The van der Waals surface area contributed by atoms with E-state index >= 15 is 0 Å². The number of nitrogens with one attached hydrogen (secondary N) is 1. The highest BCUT2D eigenvalue weighted by molar-refractivity contribution is 7.10. The summed E-state index contributed by atoms with van der Waals surface area (Å²) in [6.45, 7) is 5.52. The molecule has 0 saturated heterocycles. The van der Waals surface area contributed by atoms with Crippen molar-refractivity contribution in [3.05, 3.63) is 57.8 Å². The first kappa shape index (κ1) is 15.3. The zero-order chi connectivity index (χ0) is 14.2. The van der Waals surface area contributed by atoms with E-state index in [1.165, 1.54) is 35.3 Å². The fourth-order valence-corrected chi connectivity index (χ4v) is 3.21. The van der Waals surface area contributed by atoms with Gasteiger partial charge in [-0.2, -0.15) is 0 Å². The molecular formula is C18H25NS. The molecule has 1 N–H and O–H groups in total. The fraction of sp³-hybridized carbons (Fsp3) is 0.444. The number of aryl methyl sites for hydroxylation is 1. The van der Waals surface area contributed by atoms with Crippen LogP contribution >= 0.6 is 11.3 Å². The van der Waals surface area contributed by atoms with Crippen LogP contribution in [0.3, 0.4) is 0 Å². The van der Waals surface area contributed by atoms with E-state index in [4.69, 9.17) is 0 Å². The van der Waals surface area contributed by atoms with Gasteiger partial charge in [-0.05, 0) is 48.4 Å². The molecule has 1 unspecified atom stereocenters. The number of unbranched alkanes of at least 4 members (excludes halogenated alkanes) is 1. The maximum absolute atomic E-state index is 3.66. The molecule has 1 nitrogen and oxygen atoms in total. The summed E-state index contributed by atoms with van der Waals surface area (Å²) in [6, 6.07) is 13.9. The molecule has 20 heavy (non-hydrogen) atoms. The predicted octanol–water partition coefficient (Wildman–Crippen LogP) is 5.18. The molecule has 0 aliphatic carbocycles. The third kappa shape index (κ3) is 4.19. The Morgan fingerprint density at radius 1 is 1.05 bits per heavy atom. The second-order valence-corrected chi connectivity index (χ2v) is 6.23. The molecule has 1 aromatic heterocycles. The lowest BCUT2D eigenvalue weighted by atomic mass is 10.0. The van der Waals surface area contributed by atoms with Crippen LogP contribution in [0.5, 0.6) is 0 Å². The standard InChI is InChI=1S/C18H25NS/c1-3-5-7-15-9-11-16(12-10-15)18(19-13-4-2)17-8-6-14-20-17/h6,8-12,14,18-19H,3-5,7,13H2,1-2H3. The van der Waals surface area contributed by atoms with Gasteiger partial charge < -0.3 is 5.32 Å². The Balaban J connectivity index is 2.12. The number of thiophene rings is 1. The lowest BCUT2D eigenvalue weighted by Gasteiger charge is -2.18. The fourth-order valence-electron chi connectivity index (χ4n) is 2.38. The minimum absolute atomic E-state index is 0.343. The summed E-state index contributed by atoms with van der Waals surface area (Å²) in [7, 11) is 0. The highest BCUT2D eigenvalue weighted by atomic mass is 32.1. The Labute approximate surface area is 127 Å². The van der Waals surface area contributed by atoms with Gasteiger partial charge in [0.15, 0.2) is 0 Å². The number of hydrogen-bond acceptors (Lipinski definition) is 2. The number of rotatable bonds is 8. The van der Waals surface area contributed by atoms with E-state index in [2.05, 4.69) is 60.9 Å². The molecule has 2 rings (SSSR count). The van der Waals surface area contributed by atoms with Gasteiger partial charge in [-0.3, -0.25) is 0 Å². The van der Waals surface area contributed by atoms with Crippen LogP contribution in [0.25, 0.3) is 0 Å². The van der Waals surface area contributed by atoms with Crippen LogP contribution in [0, 0.1) is 0 Å². The Morgan fingerprint density at radius 3 is 2.45 bits per heavy atom. The van der Waals surface area contributed by atoms with Crippen LogP contribution in [0.4, 0.5) is 0 Å². The lowest BCUT2D eigenvalue weighted by molar-refractivity contribution is 0.605. The van der Waals surface area contributed by atoms with Gasteiger partial charge in [0.25, 0.3) is 0 Å². The molecule has 0 aliphatic heterocycles. The zero-order valence-corrected chi connectivity index (χ0v) is 13.4. The Kier molecular flexibility index (Phi) is 6.28. The van der Waals surface area contributed by atoms with Crippen molar-refractivity contribution < 1.29 is 0 Å². The summed E-state index contributed by atoms with van der Waals surface area (Å²) in [5.74, 6) is 0. The molecule has 108 valence electrons. The summed E-state index contributed by atoms with van der Waals surface area (Å²) in [6.07, 6.45) is 4.90. The van der Waals surface area contributed by atoms with Crippen molar-refractivity contribution in [2.45, 2.75) is 45.6 Å². The molecule has 1 atom stereocenters. The summed E-state index contributed by atoms with van der Waals surface area (Å²) >= 11 is 1.83. The normalized spacial score (nSPS) is 12.5. The van der Waals surface area contributed by atoms with E-state index in [1.807, 2.05) is 11.3 Å². The SMILES string of the molecule is CCCCc1ccc(C(NCCC)c2cccs2)cc1. The van der Waals surface area contributed by atoms with Crippen LogP contribution in [0.2, 0.25) is 0 Å².